The Morgan fingerprint density at radius 2 is 2.03 bits per heavy atom. The molecule has 0 saturated carbocycles. The van der Waals surface area contributed by atoms with Crippen LogP contribution in [-0.2, 0) is 16.6 Å². The first-order valence-electron chi connectivity index (χ1n) is 11.3. The third-order valence-electron chi connectivity index (χ3n) is 5.58. The zero-order valence-corrected chi connectivity index (χ0v) is 22.0. The SMILES string of the molecule is CCCC(O)CN(C)Cc1cnc(-c2cc3cccc(N(CC)S(=O)(=O)c4cccs4)c3[nH]2)s1. The van der Waals surface area contributed by atoms with Gasteiger partial charge < -0.3 is 10.1 Å². The number of likely N-dealkylation sites (N-methyl/N-ethyl adjacent to an activating group) is 1. The van der Waals surface area contributed by atoms with Crippen molar-refractivity contribution < 1.29 is 13.5 Å². The number of rotatable bonds is 11. The Hall–Kier alpha value is -2.24. The fraction of sp³-hybridized carbons (Fsp3) is 0.375. The summed E-state index contributed by atoms with van der Waals surface area (Å²) in [5.41, 5.74) is 2.26. The lowest BCUT2D eigenvalue weighted by Crippen LogP contribution is -2.30. The number of thiophene rings is 1. The number of nitrogens with zero attached hydrogens (tertiary/aromatic N) is 3. The van der Waals surface area contributed by atoms with Crippen molar-refractivity contribution in [2.75, 3.05) is 24.4 Å². The fourth-order valence-electron chi connectivity index (χ4n) is 4.07. The molecule has 1 aromatic carbocycles. The average molecular weight is 519 g/mol. The van der Waals surface area contributed by atoms with Crippen LogP contribution in [-0.4, -0.2) is 54.6 Å². The predicted octanol–water partition coefficient (Wildman–Crippen LogP) is 5.16. The van der Waals surface area contributed by atoms with E-state index < -0.39 is 10.0 Å². The molecule has 0 aliphatic rings. The highest BCUT2D eigenvalue weighted by molar-refractivity contribution is 7.94. The molecule has 0 saturated heterocycles. The number of aliphatic hydroxyl groups excluding tert-OH is 1. The number of H-pyrrole nitrogens is 1. The Labute approximate surface area is 208 Å². The van der Waals surface area contributed by atoms with Gasteiger partial charge in [0.1, 0.15) is 9.22 Å². The van der Waals surface area contributed by atoms with E-state index in [1.165, 1.54) is 15.6 Å². The number of hydrogen-bond acceptors (Lipinski definition) is 7. The highest BCUT2D eigenvalue weighted by Gasteiger charge is 2.26. The highest BCUT2D eigenvalue weighted by Crippen LogP contribution is 2.35. The number of benzene rings is 1. The molecule has 0 spiro atoms. The van der Waals surface area contributed by atoms with E-state index >= 15 is 0 Å². The molecule has 34 heavy (non-hydrogen) atoms. The van der Waals surface area contributed by atoms with Crippen LogP contribution in [0.1, 0.15) is 31.6 Å². The summed E-state index contributed by atoms with van der Waals surface area (Å²) in [7, 11) is -1.64. The van der Waals surface area contributed by atoms with Crippen LogP contribution in [0.5, 0.6) is 0 Å². The van der Waals surface area contributed by atoms with Crippen molar-refractivity contribution in [3.8, 4) is 10.7 Å². The molecule has 182 valence electrons. The van der Waals surface area contributed by atoms with Gasteiger partial charge >= 0.3 is 0 Å². The van der Waals surface area contributed by atoms with Crippen molar-refractivity contribution in [3.63, 3.8) is 0 Å². The summed E-state index contributed by atoms with van der Waals surface area (Å²) < 4.78 is 28.3. The average Bonchev–Trinajstić information content (AvgIpc) is 3.54. The molecule has 4 rings (SSSR count). The van der Waals surface area contributed by atoms with Crippen LogP contribution in [0.3, 0.4) is 0 Å². The Bertz CT molecular complexity index is 1330. The zero-order chi connectivity index (χ0) is 24.3. The molecular formula is C24H30N4O3S3. The van der Waals surface area contributed by atoms with E-state index in [0.29, 0.717) is 29.5 Å². The summed E-state index contributed by atoms with van der Waals surface area (Å²) in [4.78, 5) is 11.2. The Morgan fingerprint density at radius 3 is 2.74 bits per heavy atom. The van der Waals surface area contributed by atoms with Crippen LogP contribution in [0.15, 0.2) is 52.2 Å². The van der Waals surface area contributed by atoms with Crippen LogP contribution in [0.25, 0.3) is 21.6 Å². The number of para-hydroxylation sites is 1. The van der Waals surface area contributed by atoms with E-state index in [9.17, 15) is 13.5 Å². The Morgan fingerprint density at radius 1 is 1.21 bits per heavy atom. The molecule has 0 aliphatic carbocycles. The van der Waals surface area contributed by atoms with E-state index in [1.807, 2.05) is 44.4 Å². The minimum absolute atomic E-state index is 0.318. The number of fused-ring (bicyclic) bond motifs is 1. The third kappa shape index (κ3) is 5.21. The first-order valence-corrected chi connectivity index (χ1v) is 14.5. The van der Waals surface area contributed by atoms with Crippen LogP contribution in [0.2, 0.25) is 0 Å². The van der Waals surface area contributed by atoms with Crippen molar-refractivity contribution in [2.24, 2.45) is 0 Å². The number of hydrogen-bond donors (Lipinski definition) is 2. The molecule has 1 unspecified atom stereocenters. The second-order valence-electron chi connectivity index (χ2n) is 8.30. The van der Waals surface area contributed by atoms with Crippen LogP contribution >= 0.6 is 22.7 Å². The number of aromatic nitrogens is 2. The summed E-state index contributed by atoms with van der Waals surface area (Å²) >= 11 is 2.82. The maximum absolute atomic E-state index is 13.3. The van der Waals surface area contributed by atoms with Crippen LogP contribution < -0.4 is 4.31 Å². The predicted molar refractivity (Wildman–Crippen MR) is 141 cm³/mol. The minimum atomic E-state index is -3.64. The molecule has 1 atom stereocenters. The molecule has 2 N–H and O–H groups in total. The lowest BCUT2D eigenvalue weighted by atomic mass is 10.2. The second kappa shape index (κ2) is 10.6. The van der Waals surface area contributed by atoms with Gasteiger partial charge in [-0.2, -0.15) is 0 Å². The zero-order valence-electron chi connectivity index (χ0n) is 19.6. The van der Waals surface area contributed by atoms with Gasteiger partial charge in [0.05, 0.1) is 23.0 Å². The molecular weight excluding hydrogens is 488 g/mol. The van der Waals surface area contributed by atoms with Crippen molar-refractivity contribution in [3.05, 3.63) is 52.9 Å². The van der Waals surface area contributed by atoms with Crippen molar-refractivity contribution >= 4 is 49.3 Å². The number of aromatic amines is 1. The molecule has 0 bridgehead atoms. The first kappa shape index (κ1) is 24.9. The van der Waals surface area contributed by atoms with E-state index in [4.69, 9.17) is 0 Å². The lowest BCUT2D eigenvalue weighted by molar-refractivity contribution is 0.115. The van der Waals surface area contributed by atoms with Crippen molar-refractivity contribution in [1.29, 1.82) is 0 Å². The second-order valence-corrected chi connectivity index (χ2v) is 12.4. The molecule has 0 aliphatic heterocycles. The van der Waals surface area contributed by atoms with E-state index in [1.54, 1.807) is 28.8 Å². The lowest BCUT2D eigenvalue weighted by Gasteiger charge is -2.22. The molecule has 4 aromatic rings. The minimum Gasteiger partial charge on any atom is -0.392 e. The van der Waals surface area contributed by atoms with Crippen molar-refractivity contribution in [2.45, 2.75) is 43.5 Å². The number of thiazole rings is 1. The third-order valence-corrected chi connectivity index (χ3v) is 9.86. The number of anilines is 1. The van der Waals surface area contributed by atoms with Crippen LogP contribution in [0, 0.1) is 0 Å². The summed E-state index contributed by atoms with van der Waals surface area (Å²) in [6.45, 7) is 5.58. The van der Waals surface area contributed by atoms with Gasteiger partial charge in [0.2, 0.25) is 0 Å². The summed E-state index contributed by atoms with van der Waals surface area (Å²) in [6, 6.07) is 11.1. The molecule has 0 amide bonds. The normalized spacial score (nSPS) is 13.1. The van der Waals surface area contributed by atoms with E-state index in [2.05, 4.69) is 21.8 Å². The summed E-state index contributed by atoms with van der Waals surface area (Å²) in [6.07, 6.45) is 3.31. The first-order chi connectivity index (χ1) is 16.3. The summed E-state index contributed by atoms with van der Waals surface area (Å²) in [5.74, 6) is 0. The topological polar surface area (TPSA) is 89.5 Å². The molecule has 10 heteroatoms. The van der Waals surface area contributed by atoms with Gasteiger partial charge in [0.15, 0.2) is 0 Å². The molecule has 3 aromatic heterocycles. The number of sulfonamides is 1. The van der Waals surface area contributed by atoms with Crippen LogP contribution in [0.4, 0.5) is 5.69 Å². The van der Waals surface area contributed by atoms with Gasteiger partial charge in [0.25, 0.3) is 10.0 Å². The van der Waals surface area contributed by atoms with Gasteiger partial charge in [-0.05, 0) is 44.0 Å². The molecule has 7 nitrogen and oxygen atoms in total. The van der Waals surface area contributed by atoms with Gasteiger partial charge in [-0.3, -0.25) is 9.21 Å². The molecule has 0 radical (unpaired) electrons. The Balaban J connectivity index is 1.60. The number of nitrogens with one attached hydrogen (secondary N) is 1. The van der Waals surface area contributed by atoms with Gasteiger partial charge in [-0.15, -0.1) is 22.7 Å². The number of aliphatic hydroxyl groups is 1. The fourth-order valence-corrected chi connectivity index (χ4v) is 7.63. The Kier molecular flexibility index (Phi) is 7.73. The monoisotopic (exact) mass is 518 g/mol. The van der Waals surface area contributed by atoms with Gasteiger partial charge in [0, 0.05) is 36.1 Å². The molecule has 3 heterocycles. The largest absolute Gasteiger partial charge is 0.392 e. The maximum atomic E-state index is 13.3. The maximum Gasteiger partial charge on any atom is 0.273 e. The van der Waals surface area contributed by atoms with Crippen molar-refractivity contribution in [1.82, 2.24) is 14.9 Å². The van der Waals surface area contributed by atoms with Gasteiger partial charge in [-0.1, -0.05) is 31.5 Å². The highest BCUT2D eigenvalue weighted by atomic mass is 32.2. The van der Waals surface area contributed by atoms with E-state index in [0.717, 1.165) is 39.3 Å². The summed E-state index contributed by atoms with van der Waals surface area (Å²) in [5, 5.41) is 13.6. The standard InChI is InChI=1S/C24H30N4O3S3/c1-4-8-18(29)15-27(3)16-19-14-25-24(33-19)20-13-17-9-6-10-21(23(17)26-20)28(5-2)34(30,31)22-11-7-12-32-22/h6-7,9-14,18,26,29H,4-5,8,15-16H2,1-3H3. The van der Waals surface area contributed by atoms with E-state index in [-0.39, 0.29) is 6.10 Å². The van der Waals surface area contributed by atoms with Gasteiger partial charge in [-0.25, -0.2) is 13.4 Å². The smallest absolute Gasteiger partial charge is 0.273 e. The molecule has 0 fully saturated rings. The quantitative estimate of drug-likeness (QED) is 0.286.